The van der Waals surface area contributed by atoms with Crippen molar-refractivity contribution in [1.82, 2.24) is 0 Å². The Bertz CT molecular complexity index is 743. The molecule has 0 spiro atoms. The van der Waals surface area contributed by atoms with Gasteiger partial charge in [0.05, 0.1) is 10.7 Å². The monoisotopic (exact) mass is 314 g/mol. The number of para-hydroxylation sites is 1. The lowest BCUT2D eigenvalue weighted by atomic mass is 10.0. The van der Waals surface area contributed by atoms with Crippen molar-refractivity contribution in [2.24, 2.45) is 0 Å². The van der Waals surface area contributed by atoms with Crippen molar-refractivity contribution in [1.29, 1.82) is 0 Å². The van der Waals surface area contributed by atoms with Crippen LogP contribution in [0.25, 0.3) is 0 Å². The summed E-state index contributed by atoms with van der Waals surface area (Å²) in [6, 6.07) is 12.4. The minimum absolute atomic E-state index is 0.0204. The van der Waals surface area contributed by atoms with Crippen LogP contribution in [-0.4, -0.2) is 11.8 Å². The molecule has 0 unspecified atom stereocenters. The molecule has 0 aromatic heterocycles. The van der Waals surface area contributed by atoms with Crippen molar-refractivity contribution in [3.05, 3.63) is 58.6 Å². The third-order valence-electron chi connectivity index (χ3n) is 3.61. The molecular formula is C17H15ClN2O2. The van der Waals surface area contributed by atoms with Crippen LogP contribution in [0.2, 0.25) is 5.02 Å². The Balaban J connectivity index is 1.83. The van der Waals surface area contributed by atoms with Crippen molar-refractivity contribution in [2.75, 3.05) is 10.6 Å². The van der Waals surface area contributed by atoms with Crippen LogP contribution in [0.4, 0.5) is 11.4 Å². The van der Waals surface area contributed by atoms with Crippen molar-refractivity contribution in [3.63, 3.8) is 0 Å². The fourth-order valence-corrected chi connectivity index (χ4v) is 2.66. The van der Waals surface area contributed by atoms with E-state index in [1.807, 2.05) is 18.2 Å². The third-order valence-corrected chi connectivity index (χ3v) is 3.94. The quantitative estimate of drug-likeness (QED) is 0.884. The normalized spacial score (nSPS) is 13.8. The molecule has 0 radical (unpaired) electrons. The number of fused-ring (bicyclic) bond motifs is 1. The first kappa shape index (κ1) is 14.6. The van der Waals surface area contributed by atoms with Crippen molar-refractivity contribution in [2.45, 2.75) is 19.3 Å². The molecular weight excluding hydrogens is 300 g/mol. The van der Waals surface area contributed by atoms with E-state index < -0.39 is 0 Å². The van der Waals surface area contributed by atoms with Gasteiger partial charge in [-0.15, -0.1) is 0 Å². The van der Waals surface area contributed by atoms with E-state index in [0.29, 0.717) is 22.7 Å². The Morgan fingerprint density at radius 3 is 2.77 bits per heavy atom. The highest BCUT2D eigenvalue weighted by atomic mass is 35.5. The maximum atomic E-state index is 12.3. The molecule has 3 rings (SSSR count). The number of anilines is 2. The molecule has 5 heteroatoms. The SMILES string of the molecule is O=C1CCCc2cc(C(=O)Nc3ccccc3Cl)ccc2N1. The van der Waals surface area contributed by atoms with Gasteiger partial charge in [0, 0.05) is 17.7 Å². The number of halogens is 1. The van der Waals surface area contributed by atoms with Gasteiger partial charge in [-0.2, -0.15) is 0 Å². The average molecular weight is 315 g/mol. The van der Waals surface area contributed by atoms with E-state index in [9.17, 15) is 9.59 Å². The predicted molar refractivity (Wildman–Crippen MR) is 87.4 cm³/mol. The maximum absolute atomic E-state index is 12.3. The molecule has 2 N–H and O–H groups in total. The molecule has 22 heavy (non-hydrogen) atoms. The van der Waals surface area contributed by atoms with Crippen LogP contribution >= 0.6 is 11.6 Å². The van der Waals surface area contributed by atoms with Gasteiger partial charge in [-0.1, -0.05) is 23.7 Å². The number of rotatable bonds is 2. The van der Waals surface area contributed by atoms with Crippen molar-refractivity contribution in [3.8, 4) is 0 Å². The summed E-state index contributed by atoms with van der Waals surface area (Å²) < 4.78 is 0. The molecule has 0 bridgehead atoms. The Morgan fingerprint density at radius 1 is 1.14 bits per heavy atom. The topological polar surface area (TPSA) is 58.2 Å². The van der Waals surface area contributed by atoms with Gasteiger partial charge in [-0.3, -0.25) is 9.59 Å². The first-order chi connectivity index (χ1) is 10.6. The van der Waals surface area contributed by atoms with Gasteiger partial charge in [-0.05, 0) is 48.7 Å². The van der Waals surface area contributed by atoms with Gasteiger partial charge in [-0.25, -0.2) is 0 Å². The van der Waals surface area contributed by atoms with Crippen LogP contribution in [0, 0.1) is 0 Å². The van der Waals surface area contributed by atoms with E-state index in [2.05, 4.69) is 10.6 Å². The number of carbonyl (C=O) groups excluding carboxylic acids is 2. The van der Waals surface area contributed by atoms with E-state index in [1.165, 1.54) is 0 Å². The van der Waals surface area contributed by atoms with Gasteiger partial charge in [0.15, 0.2) is 0 Å². The number of hydrogen-bond donors (Lipinski definition) is 2. The second-order valence-electron chi connectivity index (χ2n) is 5.21. The smallest absolute Gasteiger partial charge is 0.255 e. The molecule has 2 aromatic carbocycles. The average Bonchev–Trinajstić information content (AvgIpc) is 2.69. The Morgan fingerprint density at radius 2 is 1.95 bits per heavy atom. The summed E-state index contributed by atoms with van der Waals surface area (Å²) in [6.07, 6.45) is 2.07. The lowest BCUT2D eigenvalue weighted by molar-refractivity contribution is -0.116. The summed E-state index contributed by atoms with van der Waals surface area (Å²) in [5, 5.41) is 6.15. The largest absolute Gasteiger partial charge is 0.326 e. The van der Waals surface area contributed by atoms with E-state index in [1.54, 1.807) is 24.3 Å². The van der Waals surface area contributed by atoms with Gasteiger partial charge >= 0.3 is 0 Å². The van der Waals surface area contributed by atoms with E-state index in [4.69, 9.17) is 11.6 Å². The zero-order valence-electron chi connectivity index (χ0n) is 11.9. The minimum atomic E-state index is -0.216. The molecule has 2 aromatic rings. The van der Waals surface area contributed by atoms with Gasteiger partial charge in [0.25, 0.3) is 5.91 Å². The summed E-state index contributed by atoms with van der Waals surface area (Å²) in [5.41, 5.74) is 2.90. The fraction of sp³-hybridized carbons (Fsp3) is 0.176. The number of carbonyl (C=O) groups is 2. The predicted octanol–water partition coefficient (Wildman–Crippen LogP) is 3.87. The zero-order chi connectivity index (χ0) is 15.5. The second kappa shape index (κ2) is 6.20. The first-order valence-electron chi connectivity index (χ1n) is 7.12. The number of benzene rings is 2. The molecule has 1 heterocycles. The van der Waals surface area contributed by atoms with Crippen molar-refractivity contribution < 1.29 is 9.59 Å². The Labute approximate surface area is 133 Å². The van der Waals surface area contributed by atoms with E-state index in [-0.39, 0.29) is 11.8 Å². The highest BCUT2D eigenvalue weighted by Gasteiger charge is 2.15. The fourth-order valence-electron chi connectivity index (χ4n) is 2.47. The number of hydrogen-bond acceptors (Lipinski definition) is 2. The zero-order valence-corrected chi connectivity index (χ0v) is 12.6. The second-order valence-corrected chi connectivity index (χ2v) is 5.61. The molecule has 0 atom stereocenters. The Hall–Kier alpha value is -2.33. The summed E-state index contributed by atoms with van der Waals surface area (Å²) in [4.78, 5) is 23.9. The highest BCUT2D eigenvalue weighted by Crippen LogP contribution is 2.25. The van der Waals surface area contributed by atoms with Crippen LogP contribution < -0.4 is 10.6 Å². The number of aryl methyl sites for hydroxylation is 1. The van der Waals surface area contributed by atoms with E-state index in [0.717, 1.165) is 24.1 Å². The lowest BCUT2D eigenvalue weighted by Gasteiger charge is -2.10. The standard InChI is InChI=1S/C17H15ClN2O2/c18-13-5-1-2-6-15(13)20-17(22)12-8-9-14-11(10-12)4-3-7-16(21)19-14/h1-2,5-6,8-10H,3-4,7H2,(H,19,21)(H,20,22). The minimum Gasteiger partial charge on any atom is -0.326 e. The third kappa shape index (κ3) is 3.12. The maximum Gasteiger partial charge on any atom is 0.255 e. The molecule has 4 nitrogen and oxygen atoms in total. The molecule has 0 saturated carbocycles. The van der Waals surface area contributed by atoms with Crippen LogP contribution in [0.15, 0.2) is 42.5 Å². The number of amides is 2. The summed E-state index contributed by atoms with van der Waals surface area (Å²) >= 11 is 6.05. The summed E-state index contributed by atoms with van der Waals surface area (Å²) in [5.74, 6) is -0.196. The van der Waals surface area contributed by atoms with Crippen LogP contribution in [0.3, 0.4) is 0 Å². The first-order valence-corrected chi connectivity index (χ1v) is 7.50. The molecule has 0 saturated heterocycles. The van der Waals surface area contributed by atoms with Crippen LogP contribution in [0.5, 0.6) is 0 Å². The van der Waals surface area contributed by atoms with Crippen molar-refractivity contribution >= 4 is 34.8 Å². The summed E-state index contributed by atoms with van der Waals surface area (Å²) in [6.45, 7) is 0. The molecule has 0 aliphatic carbocycles. The summed E-state index contributed by atoms with van der Waals surface area (Å²) in [7, 11) is 0. The molecule has 112 valence electrons. The van der Waals surface area contributed by atoms with Gasteiger partial charge < -0.3 is 10.6 Å². The number of nitrogens with one attached hydrogen (secondary N) is 2. The van der Waals surface area contributed by atoms with Crippen LogP contribution in [0.1, 0.15) is 28.8 Å². The molecule has 1 aliphatic heterocycles. The van der Waals surface area contributed by atoms with Gasteiger partial charge in [0.2, 0.25) is 5.91 Å². The molecule has 2 amide bonds. The molecule has 1 aliphatic rings. The highest BCUT2D eigenvalue weighted by molar-refractivity contribution is 6.33. The lowest BCUT2D eigenvalue weighted by Crippen LogP contribution is -2.13. The van der Waals surface area contributed by atoms with E-state index >= 15 is 0 Å². The molecule has 0 fully saturated rings. The Kier molecular flexibility index (Phi) is 4.11. The van der Waals surface area contributed by atoms with Gasteiger partial charge in [0.1, 0.15) is 0 Å². The van der Waals surface area contributed by atoms with Crippen LogP contribution in [-0.2, 0) is 11.2 Å².